The number of hydrogen-bond donors (Lipinski definition) is 3. The van der Waals surface area contributed by atoms with Gasteiger partial charge in [-0.2, -0.15) is 0 Å². The number of nitrogens with one attached hydrogen (secondary N) is 1. The number of nitrogens with zero attached hydrogens (tertiary/aromatic N) is 3. The summed E-state index contributed by atoms with van der Waals surface area (Å²) in [4.78, 5) is 27.1. The lowest BCUT2D eigenvalue weighted by atomic mass is 10.2. The number of rotatable bonds is 7. The van der Waals surface area contributed by atoms with Crippen LogP contribution in [0.3, 0.4) is 0 Å². The molecule has 32 heavy (non-hydrogen) atoms. The lowest BCUT2D eigenvalue weighted by molar-refractivity contribution is -0.134. The van der Waals surface area contributed by atoms with Gasteiger partial charge in [0.25, 0.3) is 10.0 Å². The van der Waals surface area contributed by atoms with E-state index in [2.05, 4.69) is 15.3 Å². The molecule has 0 fully saturated rings. The molecule has 0 spiro atoms. The fourth-order valence-electron chi connectivity index (χ4n) is 2.53. The number of hydrogen-bond acceptors (Lipinski definition) is 7. The molecule has 0 aliphatic heterocycles. The maximum Gasteiger partial charge on any atom is 0.328 e. The molecule has 0 radical (unpaired) electrons. The molecular weight excluding hydrogens is 460 g/mol. The minimum atomic E-state index is -3.79. The summed E-state index contributed by atoms with van der Waals surface area (Å²) in [5, 5.41) is 18.9. The Balaban J connectivity index is 0.000000390. The van der Waals surface area contributed by atoms with Crippen molar-refractivity contribution in [2.45, 2.75) is 11.4 Å². The minimum absolute atomic E-state index is 0.109. The highest BCUT2D eigenvalue weighted by molar-refractivity contribution is 7.90. The van der Waals surface area contributed by atoms with Crippen LogP contribution < -0.4 is 5.32 Å². The Morgan fingerprint density at radius 2 is 1.81 bits per heavy atom. The van der Waals surface area contributed by atoms with Crippen molar-refractivity contribution in [1.29, 1.82) is 0 Å². The van der Waals surface area contributed by atoms with Crippen LogP contribution in [-0.2, 0) is 26.2 Å². The van der Waals surface area contributed by atoms with Crippen molar-refractivity contribution in [2.24, 2.45) is 0 Å². The second kappa shape index (κ2) is 11.2. The lowest BCUT2D eigenvalue weighted by Gasteiger charge is -2.11. The third kappa shape index (κ3) is 6.48. The molecule has 0 bridgehead atoms. The number of pyridine rings is 2. The van der Waals surface area contributed by atoms with E-state index in [0.717, 1.165) is 5.56 Å². The van der Waals surface area contributed by atoms with Crippen LogP contribution in [-0.4, -0.2) is 51.6 Å². The van der Waals surface area contributed by atoms with E-state index in [1.807, 2.05) is 0 Å². The van der Waals surface area contributed by atoms with Gasteiger partial charge in [-0.25, -0.2) is 27.0 Å². The highest BCUT2D eigenvalue weighted by Gasteiger charge is 2.23. The average Bonchev–Trinajstić information content (AvgIpc) is 3.18. The first kappa shape index (κ1) is 24.7. The topological polar surface area (TPSA) is 151 Å². The Morgan fingerprint density at radius 3 is 2.34 bits per heavy atom. The average molecular weight is 479 g/mol. The lowest BCUT2D eigenvalue weighted by Crippen LogP contribution is -2.14. The van der Waals surface area contributed by atoms with E-state index in [1.165, 1.54) is 22.4 Å². The molecule has 10 nitrogen and oxygen atoms in total. The fourth-order valence-corrected chi connectivity index (χ4v) is 4.10. The molecule has 12 heteroatoms. The van der Waals surface area contributed by atoms with E-state index in [9.17, 15) is 18.0 Å². The number of carbonyl (C=O) groups is 2. The van der Waals surface area contributed by atoms with E-state index in [0.29, 0.717) is 30.0 Å². The smallest absolute Gasteiger partial charge is 0.328 e. The predicted molar refractivity (Wildman–Crippen MR) is 117 cm³/mol. The standard InChI is InChI=1S/C16H15ClN4O2S.C4H4O4/c1-18-9-12-8-15(14-5-3-7-20-16(14)17)21(11-12)24(22,23)13-4-2-6-19-10-13;5-3(6)1-2-4(7)8/h2-8,10-11,18H,9H2,1H3;1-2H,(H,5,6)(H,7,8). The Morgan fingerprint density at radius 1 is 1.16 bits per heavy atom. The number of aliphatic carboxylic acids is 2. The molecule has 3 rings (SSSR count). The molecule has 3 aromatic heterocycles. The molecule has 3 heterocycles. The first-order valence-corrected chi connectivity index (χ1v) is 10.7. The van der Waals surface area contributed by atoms with Crippen molar-refractivity contribution in [3.63, 3.8) is 0 Å². The highest BCUT2D eigenvalue weighted by atomic mass is 35.5. The van der Waals surface area contributed by atoms with Gasteiger partial charge in [-0.15, -0.1) is 0 Å². The van der Waals surface area contributed by atoms with Crippen molar-refractivity contribution in [2.75, 3.05) is 7.05 Å². The third-order valence-electron chi connectivity index (χ3n) is 3.82. The van der Waals surface area contributed by atoms with E-state index < -0.39 is 22.0 Å². The molecule has 168 valence electrons. The molecular formula is C20H19ClN4O6S. The zero-order valence-corrected chi connectivity index (χ0v) is 18.3. The second-order valence-corrected chi connectivity index (χ2v) is 8.28. The Bertz CT molecular complexity index is 1210. The zero-order chi connectivity index (χ0) is 23.7. The van der Waals surface area contributed by atoms with Crippen LogP contribution in [0.1, 0.15) is 5.56 Å². The monoisotopic (exact) mass is 478 g/mol. The molecule has 0 aliphatic rings. The van der Waals surface area contributed by atoms with Crippen molar-refractivity contribution in [3.8, 4) is 11.3 Å². The number of carboxylic acids is 2. The quantitative estimate of drug-likeness (QED) is 0.343. The van der Waals surface area contributed by atoms with Gasteiger partial charge in [0.2, 0.25) is 0 Å². The van der Waals surface area contributed by atoms with Gasteiger partial charge in [-0.05, 0) is 42.9 Å². The second-order valence-electron chi connectivity index (χ2n) is 6.11. The van der Waals surface area contributed by atoms with Crippen LogP contribution in [0.25, 0.3) is 11.3 Å². The summed E-state index contributed by atoms with van der Waals surface area (Å²) in [6, 6.07) is 8.33. The maximum absolute atomic E-state index is 13.0. The SMILES string of the molecule is CNCc1cc(-c2cccnc2Cl)n(S(=O)(=O)c2cccnc2)c1.O=C(O)C=CC(=O)O. The van der Waals surface area contributed by atoms with Gasteiger partial charge in [0.1, 0.15) is 10.0 Å². The van der Waals surface area contributed by atoms with Crippen LogP contribution in [0, 0.1) is 0 Å². The van der Waals surface area contributed by atoms with Gasteiger partial charge in [-0.3, -0.25) is 4.98 Å². The van der Waals surface area contributed by atoms with Crippen LogP contribution in [0.15, 0.2) is 72.2 Å². The minimum Gasteiger partial charge on any atom is -0.478 e. The van der Waals surface area contributed by atoms with Gasteiger partial charge >= 0.3 is 11.9 Å². The van der Waals surface area contributed by atoms with E-state index >= 15 is 0 Å². The summed E-state index contributed by atoms with van der Waals surface area (Å²) in [7, 11) is -2.00. The highest BCUT2D eigenvalue weighted by Crippen LogP contribution is 2.30. The molecule has 0 saturated heterocycles. The van der Waals surface area contributed by atoms with E-state index in [4.69, 9.17) is 21.8 Å². The van der Waals surface area contributed by atoms with E-state index in [1.54, 1.807) is 43.7 Å². The number of halogens is 1. The van der Waals surface area contributed by atoms with Crippen LogP contribution >= 0.6 is 11.6 Å². The summed E-state index contributed by atoms with van der Waals surface area (Å²) in [5.41, 5.74) is 1.83. The van der Waals surface area contributed by atoms with Gasteiger partial charge in [0, 0.05) is 49.0 Å². The molecule has 0 aromatic carbocycles. The summed E-state index contributed by atoms with van der Waals surface area (Å²) in [6.45, 7) is 0.528. The summed E-state index contributed by atoms with van der Waals surface area (Å²) in [5.74, 6) is -2.51. The first-order valence-electron chi connectivity index (χ1n) is 8.93. The molecule has 0 saturated carbocycles. The van der Waals surface area contributed by atoms with Crippen LogP contribution in [0.4, 0.5) is 0 Å². The van der Waals surface area contributed by atoms with Crippen molar-refractivity contribution in [3.05, 3.63) is 78.0 Å². The van der Waals surface area contributed by atoms with Crippen molar-refractivity contribution in [1.82, 2.24) is 19.3 Å². The maximum atomic E-state index is 13.0. The van der Waals surface area contributed by atoms with Gasteiger partial charge < -0.3 is 15.5 Å². The van der Waals surface area contributed by atoms with Gasteiger partial charge in [0.05, 0.1) is 5.69 Å². The molecule has 3 N–H and O–H groups in total. The molecule has 0 atom stereocenters. The summed E-state index contributed by atoms with van der Waals surface area (Å²) >= 11 is 6.17. The Labute approximate surface area is 188 Å². The van der Waals surface area contributed by atoms with Gasteiger partial charge in [0.15, 0.2) is 0 Å². The van der Waals surface area contributed by atoms with E-state index in [-0.39, 0.29) is 10.0 Å². The van der Waals surface area contributed by atoms with Crippen molar-refractivity contribution >= 4 is 33.6 Å². The number of aromatic nitrogens is 3. The van der Waals surface area contributed by atoms with Crippen molar-refractivity contribution < 1.29 is 28.2 Å². The zero-order valence-electron chi connectivity index (χ0n) is 16.7. The molecule has 0 amide bonds. The molecule has 3 aromatic rings. The predicted octanol–water partition coefficient (Wildman–Crippen LogP) is 2.27. The number of carboxylic acid groups (broad SMARTS) is 2. The molecule has 0 aliphatic carbocycles. The normalized spacial score (nSPS) is 11.1. The Kier molecular flexibility index (Phi) is 8.64. The van der Waals surface area contributed by atoms with Crippen LogP contribution in [0.5, 0.6) is 0 Å². The van der Waals surface area contributed by atoms with Gasteiger partial charge in [-0.1, -0.05) is 11.6 Å². The first-order chi connectivity index (χ1) is 15.2. The Hall–Kier alpha value is -3.54. The fraction of sp³-hybridized carbons (Fsp3) is 0.100. The largest absolute Gasteiger partial charge is 0.478 e. The third-order valence-corrected chi connectivity index (χ3v) is 5.78. The summed E-state index contributed by atoms with van der Waals surface area (Å²) < 4.78 is 27.2. The van der Waals surface area contributed by atoms with Crippen LogP contribution in [0.2, 0.25) is 5.15 Å². The molecule has 0 unspecified atom stereocenters. The summed E-state index contributed by atoms with van der Waals surface area (Å²) in [6.07, 6.45) is 7.10.